The molecule has 0 bridgehead atoms. The fourth-order valence-corrected chi connectivity index (χ4v) is 4.99. The van der Waals surface area contributed by atoms with E-state index in [9.17, 15) is 9.59 Å². The van der Waals surface area contributed by atoms with E-state index >= 15 is 0 Å². The van der Waals surface area contributed by atoms with Crippen LogP contribution in [0.3, 0.4) is 0 Å². The number of aryl methyl sites for hydroxylation is 1. The van der Waals surface area contributed by atoms with Crippen molar-refractivity contribution < 1.29 is 9.59 Å². The molecule has 1 aliphatic heterocycles. The minimum atomic E-state index is -0.216. The predicted octanol–water partition coefficient (Wildman–Crippen LogP) is 3.83. The van der Waals surface area contributed by atoms with Gasteiger partial charge in [0.1, 0.15) is 17.1 Å². The van der Waals surface area contributed by atoms with E-state index in [0.717, 1.165) is 11.5 Å². The highest BCUT2D eigenvalue weighted by Gasteiger charge is 2.26. The van der Waals surface area contributed by atoms with Crippen LogP contribution in [0.15, 0.2) is 48.1 Å². The van der Waals surface area contributed by atoms with Gasteiger partial charge in [0.25, 0.3) is 17.6 Å². The van der Waals surface area contributed by atoms with Crippen LogP contribution in [-0.2, 0) is 0 Å². The van der Waals surface area contributed by atoms with E-state index in [0.29, 0.717) is 54.0 Å². The molecule has 1 aromatic carbocycles. The zero-order valence-electron chi connectivity index (χ0n) is 19.9. The first kappa shape index (κ1) is 23.0. The molecule has 0 spiro atoms. The van der Waals surface area contributed by atoms with Crippen molar-refractivity contribution >= 4 is 39.7 Å². The Hall–Kier alpha value is -3.79. The van der Waals surface area contributed by atoms with Gasteiger partial charge in [-0.2, -0.15) is 14.6 Å². The third-order valence-corrected chi connectivity index (χ3v) is 7.04. The van der Waals surface area contributed by atoms with Crippen LogP contribution in [0.1, 0.15) is 51.7 Å². The van der Waals surface area contributed by atoms with E-state index in [2.05, 4.69) is 39.1 Å². The number of fused-ring (bicyclic) bond motifs is 1. The first-order chi connectivity index (χ1) is 16.9. The highest BCUT2D eigenvalue weighted by Crippen LogP contribution is 2.27. The molecule has 5 rings (SSSR count). The summed E-state index contributed by atoms with van der Waals surface area (Å²) in [4.78, 5) is 38.7. The number of hydrogen-bond acceptors (Lipinski definition) is 7. The molecule has 1 N–H and O–H groups in total. The number of anilines is 2. The number of rotatable bonds is 5. The number of benzene rings is 1. The molecule has 1 saturated heterocycles. The van der Waals surface area contributed by atoms with Crippen molar-refractivity contribution in [3.63, 3.8) is 0 Å². The predicted molar refractivity (Wildman–Crippen MR) is 136 cm³/mol. The van der Waals surface area contributed by atoms with Gasteiger partial charge in [-0.1, -0.05) is 26.0 Å². The zero-order valence-corrected chi connectivity index (χ0v) is 20.7. The van der Waals surface area contributed by atoms with E-state index in [4.69, 9.17) is 0 Å². The topological polar surface area (TPSA) is 95.7 Å². The van der Waals surface area contributed by atoms with E-state index in [-0.39, 0.29) is 11.8 Å². The third kappa shape index (κ3) is 4.61. The average molecular weight is 490 g/mol. The number of hydrogen-bond donors (Lipinski definition) is 1. The summed E-state index contributed by atoms with van der Waals surface area (Å²) in [6.45, 7) is 8.63. The molecule has 0 saturated carbocycles. The van der Waals surface area contributed by atoms with Crippen LogP contribution in [0.5, 0.6) is 0 Å². The molecular formula is C25H27N7O2S. The lowest BCUT2D eigenvalue weighted by Crippen LogP contribution is -2.49. The highest BCUT2D eigenvalue weighted by molar-refractivity contribution is 7.14. The number of amides is 2. The lowest BCUT2D eigenvalue weighted by molar-refractivity contribution is 0.0748. The summed E-state index contributed by atoms with van der Waals surface area (Å²) < 4.78 is 1.73. The smallest absolute Gasteiger partial charge is 0.256 e. The molecule has 10 heteroatoms. The van der Waals surface area contributed by atoms with Crippen LogP contribution >= 0.6 is 11.3 Å². The van der Waals surface area contributed by atoms with Crippen molar-refractivity contribution in [3.8, 4) is 0 Å². The molecule has 0 unspecified atom stereocenters. The van der Waals surface area contributed by atoms with Crippen LogP contribution in [0.2, 0.25) is 0 Å². The fourth-order valence-electron chi connectivity index (χ4n) is 4.21. The van der Waals surface area contributed by atoms with Crippen molar-refractivity contribution in [2.45, 2.75) is 26.7 Å². The van der Waals surface area contributed by atoms with Crippen molar-refractivity contribution in [2.75, 3.05) is 36.4 Å². The SMILES string of the molecule is Cc1cc(N2CCN(C(=O)c3ccsc3NC(=O)c3ccc(C(C)C)cc3)CC2)n2ncnc2n1. The van der Waals surface area contributed by atoms with E-state index in [1.807, 2.05) is 47.5 Å². The van der Waals surface area contributed by atoms with Crippen LogP contribution in [0, 0.1) is 6.92 Å². The molecule has 0 radical (unpaired) electrons. The number of nitrogens with one attached hydrogen (secondary N) is 1. The second-order valence-electron chi connectivity index (χ2n) is 8.90. The Morgan fingerprint density at radius 2 is 1.80 bits per heavy atom. The number of nitrogens with zero attached hydrogens (tertiary/aromatic N) is 6. The summed E-state index contributed by atoms with van der Waals surface area (Å²) in [5, 5.41) is 9.63. The number of carbonyl (C=O) groups is 2. The van der Waals surface area contributed by atoms with E-state index in [1.54, 1.807) is 10.6 Å². The van der Waals surface area contributed by atoms with Gasteiger partial charge >= 0.3 is 0 Å². The first-order valence-electron chi connectivity index (χ1n) is 11.6. The Balaban J connectivity index is 1.25. The number of thiophene rings is 1. The molecule has 4 heterocycles. The number of aromatic nitrogens is 4. The minimum absolute atomic E-state index is 0.0758. The summed E-state index contributed by atoms with van der Waals surface area (Å²) in [5.41, 5.74) is 3.14. The Morgan fingerprint density at radius 1 is 1.06 bits per heavy atom. The molecule has 4 aromatic rings. The fraction of sp³-hybridized carbons (Fsp3) is 0.320. The van der Waals surface area contributed by atoms with E-state index < -0.39 is 0 Å². The van der Waals surface area contributed by atoms with Crippen LogP contribution in [0.4, 0.5) is 10.8 Å². The molecule has 2 amide bonds. The quantitative estimate of drug-likeness (QED) is 0.458. The molecule has 1 aliphatic rings. The molecule has 0 atom stereocenters. The lowest BCUT2D eigenvalue weighted by Gasteiger charge is -2.36. The standard InChI is InChI=1S/C25H27N7O2S/c1-16(2)18-4-6-19(7-5-18)22(33)29-23-20(8-13-35-23)24(34)31-11-9-30(10-12-31)21-14-17(3)28-25-26-15-27-32(21)25/h4-8,13-16H,9-12H2,1-3H3,(H,29,33). The average Bonchev–Trinajstić information content (AvgIpc) is 3.52. The molecule has 0 aliphatic carbocycles. The maximum absolute atomic E-state index is 13.3. The second kappa shape index (κ2) is 9.46. The summed E-state index contributed by atoms with van der Waals surface area (Å²) in [7, 11) is 0. The van der Waals surface area contributed by atoms with Gasteiger partial charge in [0.05, 0.1) is 5.56 Å². The number of piperazine rings is 1. The van der Waals surface area contributed by atoms with Crippen molar-refractivity contribution in [1.82, 2.24) is 24.5 Å². The molecular weight excluding hydrogens is 462 g/mol. The normalized spacial score (nSPS) is 14.1. The van der Waals surface area contributed by atoms with Gasteiger partial charge in [-0.25, -0.2) is 4.98 Å². The second-order valence-corrected chi connectivity index (χ2v) is 9.82. The summed E-state index contributed by atoms with van der Waals surface area (Å²) in [6, 6.07) is 11.4. The zero-order chi connectivity index (χ0) is 24.5. The monoisotopic (exact) mass is 489 g/mol. The largest absolute Gasteiger partial charge is 0.353 e. The Kier molecular flexibility index (Phi) is 6.21. The Morgan fingerprint density at radius 3 is 2.51 bits per heavy atom. The molecule has 35 heavy (non-hydrogen) atoms. The van der Waals surface area contributed by atoms with Gasteiger partial charge in [0.15, 0.2) is 0 Å². The van der Waals surface area contributed by atoms with Crippen LogP contribution in [0.25, 0.3) is 5.78 Å². The molecule has 3 aromatic heterocycles. The van der Waals surface area contributed by atoms with Crippen molar-refractivity contribution in [1.29, 1.82) is 0 Å². The molecule has 1 fully saturated rings. The summed E-state index contributed by atoms with van der Waals surface area (Å²) in [6.07, 6.45) is 1.50. The van der Waals surface area contributed by atoms with Gasteiger partial charge in [-0.05, 0) is 42.0 Å². The molecule has 9 nitrogen and oxygen atoms in total. The van der Waals surface area contributed by atoms with E-state index in [1.165, 1.54) is 23.2 Å². The summed E-state index contributed by atoms with van der Waals surface area (Å²) >= 11 is 1.36. The van der Waals surface area contributed by atoms with Crippen molar-refractivity contribution in [2.24, 2.45) is 0 Å². The highest BCUT2D eigenvalue weighted by atomic mass is 32.1. The van der Waals surface area contributed by atoms with Crippen LogP contribution in [-0.4, -0.2) is 62.5 Å². The Bertz CT molecular complexity index is 1370. The molecule has 180 valence electrons. The maximum Gasteiger partial charge on any atom is 0.256 e. The van der Waals surface area contributed by atoms with Gasteiger partial charge in [0, 0.05) is 43.5 Å². The maximum atomic E-state index is 13.3. The van der Waals surface area contributed by atoms with Crippen molar-refractivity contribution in [3.05, 3.63) is 70.5 Å². The number of carbonyl (C=O) groups excluding carboxylic acids is 2. The summed E-state index contributed by atoms with van der Waals surface area (Å²) in [5.74, 6) is 1.60. The minimum Gasteiger partial charge on any atom is -0.353 e. The van der Waals surface area contributed by atoms with Gasteiger partial charge in [-0.15, -0.1) is 11.3 Å². The van der Waals surface area contributed by atoms with Gasteiger partial charge in [0.2, 0.25) is 0 Å². The first-order valence-corrected chi connectivity index (χ1v) is 12.5. The van der Waals surface area contributed by atoms with Gasteiger partial charge in [-0.3, -0.25) is 9.59 Å². The Labute approximate surface area is 207 Å². The lowest BCUT2D eigenvalue weighted by atomic mass is 10.0. The van der Waals surface area contributed by atoms with Crippen LogP contribution < -0.4 is 10.2 Å². The third-order valence-electron chi connectivity index (χ3n) is 6.21. The van der Waals surface area contributed by atoms with Gasteiger partial charge < -0.3 is 15.1 Å².